The summed E-state index contributed by atoms with van der Waals surface area (Å²) in [5, 5.41) is 3.88. The molecular formula is C19H17NO3S2. The molecule has 25 heavy (non-hydrogen) atoms. The average Bonchev–Trinajstić information content (AvgIpc) is 3.37. The standard InChI is InChI=1S/C19H17NO3S2/c21-25(22)18-2-1-14(15-3-5-23-11-15)7-16(18)17-9-20(10-19(17)25)8-13-4-6-24-12-13/h1-7,11-12,17,19H,8-10H2/t17-,19-/m1/s1. The molecule has 2 aromatic heterocycles. The summed E-state index contributed by atoms with van der Waals surface area (Å²) in [4.78, 5) is 2.78. The van der Waals surface area contributed by atoms with Crippen molar-refractivity contribution < 1.29 is 12.8 Å². The molecule has 4 nitrogen and oxygen atoms in total. The van der Waals surface area contributed by atoms with Gasteiger partial charge in [0.05, 0.1) is 22.7 Å². The lowest BCUT2D eigenvalue weighted by Gasteiger charge is -2.16. The third kappa shape index (κ3) is 2.39. The molecule has 0 spiro atoms. The summed E-state index contributed by atoms with van der Waals surface area (Å²) >= 11 is 1.68. The van der Waals surface area contributed by atoms with Crippen LogP contribution in [0.25, 0.3) is 11.1 Å². The highest BCUT2D eigenvalue weighted by Crippen LogP contribution is 2.46. The van der Waals surface area contributed by atoms with E-state index in [1.807, 2.05) is 18.2 Å². The van der Waals surface area contributed by atoms with Crippen LogP contribution in [0, 0.1) is 0 Å². The number of likely N-dealkylation sites (tertiary alicyclic amines) is 1. The molecule has 5 rings (SSSR count). The molecule has 0 unspecified atom stereocenters. The highest BCUT2D eigenvalue weighted by Gasteiger charge is 2.50. The number of hydrogen-bond acceptors (Lipinski definition) is 5. The first-order valence-corrected chi connectivity index (χ1v) is 10.8. The summed E-state index contributed by atoms with van der Waals surface area (Å²) in [5.74, 6) is 0.0606. The highest BCUT2D eigenvalue weighted by molar-refractivity contribution is 7.92. The molecule has 1 saturated heterocycles. The molecule has 0 saturated carbocycles. The smallest absolute Gasteiger partial charge is 0.183 e. The molecule has 0 N–H and O–H groups in total. The highest BCUT2D eigenvalue weighted by atomic mass is 32.2. The van der Waals surface area contributed by atoms with Gasteiger partial charge in [-0.3, -0.25) is 4.90 Å². The van der Waals surface area contributed by atoms with Crippen molar-refractivity contribution in [2.45, 2.75) is 22.6 Å². The molecule has 1 fully saturated rings. The van der Waals surface area contributed by atoms with E-state index in [4.69, 9.17) is 4.42 Å². The summed E-state index contributed by atoms with van der Waals surface area (Å²) in [7, 11) is -3.24. The van der Waals surface area contributed by atoms with Crippen LogP contribution in [0.15, 0.2) is 62.9 Å². The first-order chi connectivity index (χ1) is 12.1. The maximum atomic E-state index is 13.0. The first kappa shape index (κ1) is 15.4. The molecule has 0 radical (unpaired) electrons. The van der Waals surface area contributed by atoms with Crippen molar-refractivity contribution in [2.75, 3.05) is 13.1 Å². The zero-order valence-corrected chi connectivity index (χ0v) is 15.1. The quantitative estimate of drug-likeness (QED) is 0.703. The number of furan rings is 1. The van der Waals surface area contributed by atoms with E-state index in [0.29, 0.717) is 11.4 Å². The topological polar surface area (TPSA) is 50.5 Å². The van der Waals surface area contributed by atoms with Crippen LogP contribution in [0.5, 0.6) is 0 Å². The van der Waals surface area contributed by atoms with Gasteiger partial charge >= 0.3 is 0 Å². The van der Waals surface area contributed by atoms with Crippen molar-refractivity contribution in [3.05, 3.63) is 64.7 Å². The Hall–Kier alpha value is -1.89. The minimum absolute atomic E-state index is 0.0606. The number of hydrogen-bond donors (Lipinski definition) is 0. The van der Waals surface area contributed by atoms with Crippen LogP contribution >= 0.6 is 11.3 Å². The normalized spacial score (nSPS) is 24.3. The van der Waals surface area contributed by atoms with E-state index in [2.05, 4.69) is 21.7 Å². The number of benzene rings is 1. The molecule has 0 aliphatic carbocycles. The van der Waals surface area contributed by atoms with E-state index in [9.17, 15) is 8.42 Å². The van der Waals surface area contributed by atoms with Crippen LogP contribution in [0.2, 0.25) is 0 Å². The van der Waals surface area contributed by atoms with Crippen LogP contribution in [0.4, 0.5) is 0 Å². The maximum Gasteiger partial charge on any atom is 0.183 e. The van der Waals surface area contributed by atoms with E-state index >= 15 is 0 Å². The second-order valence-electron chi connectivity index (χ2n) is 6.78. The van der Waals surface area contributed by atoms with Crippen molar-refractivity contribution in [2.24, 2.45) is 0 Å². The number of thiophene rings is 1. The molecule has 0 bridgehead atoms. The molecule has 2 aliphatic heterocycles. The molecule has 6 heteroatoms. The Morgan fingerprint density at radius 3 is 2.84 bits per heavy atom. The zero-order valence-electron chi connectivity index (χ0n) is 13.5. The average molecular weight is 371 g/mol. The molecule has 128 valence electrons. The molecule has 3 aromatic rings. The SMILES string of the molecule is O=S1(=O)c2ccc(-c3ccoc3)cc2[C@H]2CN(Cc3ccsc3)C[C@H]21. The van der Waals surface area contributed by atoms with Crippen molar-refractivity contribution in [3.8, 4) is 11.1 Å². The van der Waals surface area contributed by atoms with Crippen molar-refractivity contribution in [1.29, 1.82) is 0 Å². The third-order valence-electron chi connectivity index (χ3n) is 5.30. The van der Waals surface area contributed by atoms with Crippen LogP contribution in [-0.2, 0) is 16.4 Å². The van der Waals surface area contributed by atoms with Gasteiger partial charge in [0.2, 0.25) is 0 Å². The molecule has 2 atom stereocenters. The van der Waals surface area contributed by atoms with Gasteiger partial charge in [-0.2, -0.15) is 11.3 Å². The summed E-state index contributed by atoms with van der Waals surface area (Å²) in [6, 6.07) is 9.70. The molecule has 0 amide bonds. The van der Waals surface area contributed by atoms with E-state index in [1.54, 1.807) is 29.9 Å². The lowest BCUT2D eigenvalue weighted by atomic mass is 9.95. The zero-order chi connectivity index (χ0) is 17.0. The minimum Gasteiger partial charge on any atom is -0.472 e. The number of fused-ring (bicyclic) bond motifs is 3. The lowest BCUT2D eigenvalue weighted by molar-refractivity contribution is 0.326. The van der Waals surface area contributed by atoms with E-state index in [0.717, 1.165) is 29.8 Å². The Morgan fingerprint density at radius 2 is 2.08 bits per heavy atom. The second-order valence-corrected chi connectivity index (χ2v) is 9.70. The molecular weight excluding hydrogens is 354 g/mol. The second kappa shape index (κ2) is 5.56. The van der Waals surface area contributed by atoms with Crippen molar-refractivity contribution >= 4 is 21.2 Å². The molecule has 4 heterocycles. The van der Waals surface area contributed by atoms with E-state index in [-0.39, 0.29) is 11.2 Å². The Balaban J connectivity index is 1.51. The van der Waals surface area contributed by atoms with Gasteiger partial charge in [0.15, 0.2) is 9.84 Å². The van der Waals surface area contributed by atoms with Gasteiger partial charge in [-0.05, 0) is 51.7 Å². The third-order valence-corrected chi connectivity index (χ3v) is 8.29. The van der Waals surface area contributed by atoms with Crippen molar-refractivity contribution in [1.82, 2.24) is 4.90 Å². The maximum absolute atomic E-state index is 13.0. The summed E-state index contributed by atoms with van der Waals surface area (Å²) in [6.07, 6.45) is 3.33. The Bertz CT molecular complexity index is 1010. The molecule has 1 aromatic carbocycles. The molecule has 2 aliphatic rings. The van der Waals surface area contributed by atoms with Gasteiger partial charge in [-0.1, -0.05) is 6.07 Å². The predicted octanol–water partition coefficient (Wildman–Crippen LogP) is 3.76. The van der Waals surface area contributed by atoms with Crippen molar-refractivity contribution in [3.63, 3.8) is 0 Å². The van der Waals surface area contributed by atoms with Crippen LogP contribution < -0.4 is 0 Å². The van der Waals surface area contributed by atoms with E-state index < -0.39 is 9.84 Å². The van der Waals surface area contributed by atoms with Crippen LogP contribution in [0.1, 0.15) is 17.0 Å². The van der Waals surface area contributed by atoms with Gasteiger partial charge in [0.25, 0.3) is 0 Å². The fourth-order valence-electron chi connectivity index (χ4n) is 4.10. The largest absolute Gasteiger partial charge is 0.472 e. The summed E-state index contributed by atoms with van der Waals surface area (Å²) < 4.78 is 31.1. The lowest BCUT2D eigenvalue weighted by Crippen LogP contribution is -2.25. The Kier molecular flexibility index (Phi) is 3.42. The number of rotatable bonds is 3. The van der Waals surface area contributed by atoms with Gasteiger partial charge in [-0.15, -0.1) is 0 Å². The van der Waals surface area contributed by atoms with Gasteiger partial charge in [0.1, 0.15) is 0 Å². The Labute approximate surface area is 150 Å². The summed E-state index contributed by atoms with van der Waals surface area (Å²) in [6.45, 7) is 2.23. The van der Waals surface area contributed by atoms with Gasteiger partial charge in [0, 0.05) is 31.1 Å². The minimum atomic E-state index is -3.24. The number of sulfone groups is 1. The van der Waals surface area contributed by atoms with Gasteiger partial charge < -0.3 is 4.42 Å². The van der Waals surface area contributed by atoms with Crippen LogP contribution in [-0.4, -0.2) is 31.7 Å². The summed E-state index contributed by atoms with van der Waals surface area (Å²) in [5.41, 5.74) is 4.22. The fourth-order valence-corrected chi connectivity index (χ4v) is 6.96. The number of nitrogens with zero attached hydrogens (tertiary/aromatic N) is 1. The first-order valence-electron chi connectivity index (χ1n) is 8.27. The van der Waals surface area contributed by atoms with Gasteiger partial charge in [-0.25, -0.2) is 8.42 Å². The van der Waals surface area contributed by atoms with E-state index in [1.165, 1.54) is 5.56 Å². The fraction of sp³-hybridized carbons (Fsp3) is 0.263. The Morgan fingerprint density at radius 1 is 1.16 bits per heavy atom. The van der Waals surface area contributed by atoms with Crippen LogP contribution in [0.3, 0.4) is 0 Å². The monoisotopic (exact) mass is 371 g/mol. The predicted molar refractivity (Wildman–Crippen MR) is 97.5 cm³/mol.